The second kappa shape index (κ2) is 5.79. The van der Waals surface area contributed by atoms with Crippen LogP contribution in [-0.4, -0.2) is 31.2 Å². The summed E-state index contributed by atoms with van der Waals surface area (Å²) in [4.78, 5) is 11.7. The number of primary amides is 1. The van der Waals surface area contributed by atoms with E-state index < -0.39 is 15.9 Å². The van der Waals surface area contributed by atoms with Crippen molar-refractivity contribution in [2.75, 3.05) is 6.54 Å². The van der Waals surface area contributed by atoms with E-state index >= 15 is 0 Å². The fourth-order valence-electron chi connectivity index (χ4n) is 1.42. The van der Waals surface area contributed by atoms with E-state index in [1.165, 1.54) is 6.07 Å². The second-order valence-corrected chi connectivity index (χ2v) is 7.32. The van der Waals surface area contributed by atoms with Gasteiger partial charge in [0.15, 0.2) is 0 Å². The Morgan fingerprint density at radius 3 is 2.44 bits per heavy atom. The first-order valence-electron chi connectivity index (χ1n) is 5.38. The van der Waals surface area contributed by atoms with Crippen LogP contribution in [0.3, 0.4) is 0 Å². The third kappa shape index (κ3) is 3.29. The quantitative estimate of drug-likeness (QED) is 0.774. The highest BCUT2D eigenvalue weighted by Crippen LogP contribution is 2.25. The summed E-state index contributed by atoms with van der Waals surface area (Å²) in [5, 5.41) is 0. The van der Waals surface area contributed by atoms with Gasteiger partial charge in [-0.05, 0) is 26.0 Å². The van der Waals surface area contributed by atoms with Crippen LogP contribution < -0.4 is 11.5 Å². The van der Waals surface area contributed by atoms with Gasteiger partial charge < -0.3 is 11.5 Å². The number of hydrogen-bond acceptors (Lipinski definition) is 5. The summed E-state index contributed by atoms with van der Waals surface area (Å²) in [6.07, 6.45) is 0. The SMILES string of the molecule is CC(C)N(CC(N)=O)S(=O)(=O)c1ccc(CN)s1. The van der Waals surface area contributed by atoms with Crippen LogP contribution in [0.15, 0.2) is 16.3 Å². The van der Waals surface area contributed by atoms with Crippen LogP contribution >= 0.6 is 11.3 Å². The summed E-state index contributed by atoms with van der Waals surface area (Å²) < 4.78 is 25.9. The maximum atomic E-state index is 12.3. The predicted octanol–water partition coefficient (Wildman–Crippen LogP) is 0.0912. The monoisotopic (exact) mass is 291 g/mol. The Morgan fingerprint density at radius 1 is 1.44 bits per heavy atom. The zero-order chi connectivity index (χ0) is 13.9. The molecular formula is C10H17N3O3S2. The largest absolute Gasteiger partial charge is 0.369 e. The van der Waals surface area contributed by atoms with Gasteiger partial charge in [-0.2, -0.15) is 4.31 Å². The molecule has 0 aliphatic heterocycles. The van der Waals surface area contributed by atoms with Crippen LogP contribution in [0.5, 0.6) is 0 Å². The molecular weight excluding hydrogens is 274 g/mol. The molecule has 6 nitrogen and oxygen atoms in total. The molecule has 1 amide bonds. The van der Waals surface area contributed by atoms with Crippen LogP contribution in [-0.2, 0) is 21.4 Å². The Morgan fingerprint density at radius 2 is 2.06 bits per heavy atom. The zero-order valence-corrected chi connectivity index (χ0v) is 11.9. The molecule has 4 N–H and O–H groups in total. The molecule has 1 heterocycles. The van der Waals surface area contributed by atoms with E-state index in [0.717, 1.165) is 20.5 Å². The average Bonchev–Trinajstić information content (AvgIpc) is 2.74. The lowest BCUT2D eigenvalue weighted by Gasteiger charge is -2.23. The van der Waals surface area contributed by atoms with Gasteiger partial charge in [0.05, 0.1) is 6.54 Å². The molecule has 0 fully saturated rings. The van der Waals surface area contributed by atoms with Crippen molar-refractivity contribution in [3.63, 3.8) is 0 Å². The van der Waals surface area contributed by atoms with E-state index in [4.69, 9.17) is 11.5 Å². The Balaban J connectivity index is 3.12. The zero-order valence-electron chi connectivity index (χ0n) is 10.3. The molecule has 1 aromatic rings. The van der Waals surface area contributed by atoms with E-state index in [9.17, 15) is 13.2 Å². The minimum Gasteiger partial charge on any atom is -0.369 e. The lowest BCUT2D eigenvalue weighted by atomic mass is 10.4. The summed E-state index contributed by atoms with van der Waals surface area (Å²) in [6.45, 7) is 3.35. The first-order chi connectivity index (χ1) is 8.28. The molecule has 0 saturated heterocycles. The van der Waals surface area contributed by atoms with Gasteiger partial charge in [-0.25, -0.2) is 8.42 Å². The lowest BCUT2D eigenvalue weighted by Crippen LogP contribution is -2.42. The molecule has 18 heavy (non-hydrogen) atoms. The van der Waals surface area contributed by atoms with E-state index in [1.807, 2.05) is 0 Å². The molecule has 0 saturated carbocycles. The minimum atomic E-state index is -3.69. The summed E-state index contributed by atoms with van der Waals surface area (Å²) in [5.41, 5.74) is 10.5. The molecule has 0 aliphatic carbocycles. The van der Waals surface area contributed by atoms with Crippen molar-refractivity contribution in [1.82, 2.24) is 4.31 Å². The fourth-order valence-corrected chi connectivity index (χ4v) is 4.39. The lowest BCUT2D eigenvalue weighted by molar-refractivity contribution is -0.118. The van der Waals surface area contributed by atoms with Gasteiger partial charge in [-0.15, -0.1) is 11.3 Å². The molecule has 0 unspecified atom stereocenters. The molecule has 0 radical (unpaired) electrons. The number of nitrogens with zero attached hydrogens (tertiary/aromatic N) is 1. The molecule has 0 spiro atoms. The number of rotatable bonds is 6. The maximum absolute atomic E-state index is 12.3. The first kappa shape index (κ1) is 15.1. The van der Waals surface area contributed by atoms with Crippen LogP contribution in [0.4, 0.5) is 0 Å². The molecule has 102 valence electrons. The highest BCUT2D eigenvalue weighted by Gasteiger charge is 2.29. The summed E-state index contributed by atoms with van der Waals surface area (Å²) >= 11 is 1.11. The van der Waals surface area contributed by atoms with Gasteiger partial charge in [0.2, 0.25) is 5.91 Å². The summed E-state index contributed by atoms with van der Waals surface area (Å²) in [7, 11) is -3.69. The normalized spacial score (nSPS) is 12.3. The topological polar surface area (TPSA) is 106 Å². The highest BCUT2D eigenvalue weighted by atomic mass is 32.2. The van der Waals surface area contributed by atoms with Crippen LogP contribution in [0, 0.1) is 0 Å². The summed E-state index contributed by atoms with van der Waals surface area (Å²) in [5.74, 6) is -0.678. The molecule has 0 aromatic carbocycles. The third-order valence-corrected chi connectivity index (χ3v) is 5.89. The van der Waals surface area contributed by atoms with Crippen molar-refractivity contribution in [3.05, 3.63) is 17.0 Å². The number of sulfonamides is 1. The van der Waals surface area contributed by atoms with Crippen molar-refractivity contribution in [1.29, 1.82) is 0 Å². The number of nitrogens with two attached hydrogens (primary N) is 2. The number of amides is 1. The van der Waals surface area contributed by atoms with E-state index in [-0.39, 0.29) is 23.3 Å². The number of hydrogen-bond donors (Lipinski definition) is 2. The van der Waals surface area contributed by atoms with Crippen molar-refractivity contribution < 1.29 is 13.2 Å². The van der Waals surface area contributed by atoms with Gasteiger partial charge in [0, 0.05) is 17.5 Å². The van der Waals surface area contributed by atoms with Crippen LogP contribution in [0.2, 0.25) is 0 Å². The van der Waals surface area contributed by atoms with Crippen molar-refractivity contribution >= 4 is 27.3 Å². The van der Waals surface area contributed by atoms with Gasteiger partial charge in [0.25, 0.3) is 10.0 Å². The van der Waals surface area contributed by atoms with Gasteiger partial charge in [-0.3, -0.25) is 4.79 Å². The van der Waals surface area contributed by atoms with Crippen molar-refractivity contribution in [2.45, 2.75) is 30.6 Å². The average molecular weight is 291 g/mol. The molecule has 1 aromatic heterocycles. The Kier molecular flexibility index (Phi) is 4.85. The van der Waals surface area contributed by atoms with Gasteiger partial charge >= 0.3 is 0 Å². The van der Waals surface area contributed by atoms with Gasteiger partial charge in [0.1, 0.15) is 4.21 Å². The number of carbonyl (C=O) groups is 1. The smallest absolute Gasteiger partial charge is 0.253 e. The number of thiophene rings is 1. The molecule has 0 atom stereocenters. The van der Waals surface area contributed by atoms with Crippen LogP contribution in [0.25, 0.3) is 0 Å². The van der Waals surface area contributed by atoms with Crippen molar-refractivity contribution in [2.24, 2.45) is 11.5 Å². The third-order valence-electron chi connectivity index (χ3n) is 2.29. The Hall–Kier alpha value is -0.960. The molecule has 0 aliphatic rings. The van der Waals surface area contributed by atoms with E-state index in [2.05, 4.69) is 0 Å². The van der Waals surface area contributed by atoms with Gasteiger partial charge in [-0.1, -0.05) is 0 Å². The van der Waals surface area contributed by atoms with E-state index in [1.54, 1.807) is 19.9 Å². The first-order valence-corrected chi connectivity index (χ1v) is 7.63. The second-order valence-electron chi connectivity index (χ2n) is 4.04. The Bertz CT molecular complexity index is 522. The Labute approximate surface area is 111 Å². The number of carbonyl (C=O) groups excluding carboxylic acids is 1. The predicted molar refractivity (Wildman–Crippen MR) is 70.4 cm³/mol. The van der Waals surface area contributed by atoms with Crippen molar-refractivity contribution in [3.8, 4) is 0 Å². The molecule has 0 bridgehead atoms. The maximum Gasteiger partial charge on any atom is 0.253 e. The van der Waals surface area contributed by atoms with Crippen LogP contribution in [0.1, 0.15) is 18.7 Å². The standard InChI is InChI=1S/C10H17N3O3S2/c1-7(2)13(6-9(12)14)18(15,16)10-4-3-8(5-11)17-10/h3-4,7H,5-6,11H2,1-2H3,(H2,12,14). The summed E-state index contributed by atoms with van der Waals surface area (Å²) in [6, 6.07) is 2.82. The fraction of sp³-hybridized carbons (Fsp3) is 0.500. The van der Waals surface area contributed by atoms with E-state index in [0.29, 0.717) is 0 Å². The minimum absolute atomic E-state index is 0.179. The molecule has 8 heteroatoms. The highest BCUT2D eigenvalue weighted by molar-refractivity contribution is 7.91. The molecule has 1 rings (SSSR count).